The first-order valence-electron chi connectivity index (χ1n) is 9.65. The third-order valence-corrected chi connectivity index (χ3v) is 5.62. The summed E-state index contributed by atoms with van der Waals surface area (Å²) in [7, 11) is 0. The van der Waals surface area contributed by atoms with Gasteiger partial charge in [-0.15, -0.1) is 0 Å². The van der Waals surface area contributed by atoms with Crippen LogP contribution in [0.3, 0.4) is 0 Å². The van der Waals surface area contributed by atoms with Crippen LogP contribution in [-0.2, 0) is 15.0 Å². The van der Waals surface area contributed by atoms with Gasteiger partial charge in [0, 0.05) is 18.2 Å². The molecule has 0 spiro atoms. The predicted molar refractivity (Wildman–Crippen MR) is 127 cm³/mol. The van der Waals surface area contributed by atoms with Crippen molar-refractivity contribution in [1.29, 1.82) is 0 Å². The van der Waals surface area contributed by atoms with Gasteiger partial charge in [0.05, 0.1) is 15.5 Å². The molecule has 0 saturated heterocycles. The van der Waals surface area contributed by atoms with Gasteiger partial charge in [0.1, 0.15) is 0 Å². The number of rotatable bonds is 6. The lowest BCUT2D eigenvalue weighted by Gasteiger charge is -2.39. The molecule has 4 N–H and O–H groups in total. The van der Waals surface area contributed by atoms with E-state index in [1.165, 1.54) is 0 Å². The first-order valence-corrected chi connectivity index (χ1v) is 10.4. The molecule has 166 valence electrons. The quantitative estimate of drug-likeness (QED) is 0.330. The summed E-state index contributed by atoms with van der Waals surface area (Å²) in [6.45, 7) is 2.03. The number of aliphatic carboxylic acids is 2. The van der Waals surface area contributed by atoms with Gasteiger partial charge < -0.3 is 15.9 Å². The van der Waals surface area contributed by atoms with Crippen LogP contribution in [0.1, 0.15) is 23.6 Å². The summed E-state index contributed by atoms with van der Waals surface area (Å²) in [5.41, 5.74) is 9.37. The van der Waals surface area contributed by atoms with Gasteiger partial charge in [-0.05, 0) is 35.7 Å². The molecule has 0 aliphatic carbocycles. The molecular formula is C25H23Cl2NO4. The van der Waals surface area contributed by atoms with Crippen LogP contribution in [0.2, 0.25) is 10.0 Å². The Kier molecular flexibility index (Phi) is 9.02. The van der Waals surface area contributed by atoms with E-state index < -0.39 is 17.4 Å². The third-order valence-electron chi connectivity index (χ3n) is 4.88. The Morgan fingerprint density at radius 2 is 1.22 bits per heavy atom. The fourth-order valence-corrected chi connectivity index (χ4v) is 3.87. The van der Waals surface area contributed by atoms with Crippen LogP contribution in [0.15, 0.2) is 91.0 Å². The maximum atomic E-state index is 9.55. The van der Waals surface area contributed by atoms with E-state index in [1.807, 2.05) is 61.5 Å². The molecule has 0 bridgehead atoms. The number of carboxylic acid groups (broad SMARTS) is 2. The molecule has 0 aliphatic heterocycles. The first kappa shape index (κ1) is 25.1. The lowest BCUT2D eigenvalue weighted by Crippen LogP contribution is -2.45. The van der Waals surface area contributed by atoms with Crippen LogP contribution in [-0.4, -0.2) is 28.2 Å². The highest BCUT2D eigenvalue weighted by Crippen LogP contribution is 2.43. The third kappa shape index (κ3) is 5.98. The zero-order valence-electron chi connectivity index (χ0n) is 17.3. The summed E-state index contributed by atoms with van der Waals surface area (Å²) >= 11 is 12.5. The number of carbonyl (C=O) groups is 2. The molecule has 5 nitrogen and oxygen atoms in total. The van der Waals surface area contributed by atoms with Gasteiger partial charge in [-0.3, -0.25) is 0 Å². The molecule has 0 amide bonds. The molecule has 0 aliphatic rings. The van der Waals surface area contributed by atoms with Crippen LogP contribution < -0.4 is 5.73 Å². The van der Waals surface area contributed by atoms with Gasteiger partial charge in [0.2, 0.25) is 0 Å². The Morgan fingerprint density at radius 1 is 0.781 bits per heavy atom. The minimum atomic E-state index is -1.26. The van der Waals surface area contributed by atoms with E-state index >= 15 is 0 Å². The highest BCUT2D eigenvalue weighted by atomic mass is 35.5. The normalized spacial score (nSPS) is 12.0. The van der Waals surface area contributed by atoms with Crippen LogP contribution in [0.5, 0.6) is 0 Å². The van der Waals surface area contributed by atoms with Crippen LogP contribution in [0.4, 0.5) is 0 Å². The van der Waals surface area contributed by atoms with Crippen LogP contribution in [0, 0.1) is 0 Å². The van der Waals surface area contributed by atoms with Crippen molar-refractivity contribution in [2.45, 2.75) is 18.4 Å². The largest absolute Gasteiger partial charge is 0.478 e. The number of halogens is 2. The maximum Gasteiger partial charge on any atom is 0.328 e. The Labute approximate surface area is 196 Å². The minimum Gasteiger partial charge on any atom is -0.478 e. The molecule has 0 radical (unpaired) electrons. The second kappa shape index (κ2) is 11.5. The smallest absolute Gasteiger partial charge is 0.328 e. The number of hydrogen-bond donors (Lipinski definition) is 3. The van der Waals surface area contributed by atoms with E-state index in [4.69, 9.17) is 39.1 Å². The highest BCUT2D eigenvalue weighted by Gasteiger charge is 2.40. The van der Waals surface area contributed by atoms with Crippen molar-refractivity contribution in [3.63, 3.8) is 0 Å². The summed E-state index contributed by atoms with van der Waals surface area (Å²) in [5, 5.41) is 16.7. The Hall–Kier alpha value is -3.12. The number of hydrogen-bond acceptors (Lipinski definition) is 3. The molecule has 3 aromatic rings. The van der Waals surface area contributed by atoms with E-state index in [1.54, 1.807) is 0 Å². The van der Waals surface area contributed by atoms with Gasteiger partial charge in [-0.25, -0.2) is 9.59 Å². The van der Waals surface area contributed by atoms with Crippen molar-refractivity contribution in [2.24, 2.45) is 5.73 Å². The van der Waals surface area contributed by atoms with Gasteiger partial charge in [-0.2, -0.15) is 0 Å². The molecule has 32 heavy (non-hydrogen) atoms. The average Bonchev–Trinajstić information content (AvgIpc) is 2.77. The van der Waals surface area contributed by atoms with E-state index in [2.05, 4.69) is 24.3 Å². The maximum absolute atomic E-state index is 9.55. The van der Waals surface area contributed by atoms with E-state index in [0.29, 0.717) is 22.2 Å². The van der Waals surface area contributed by atoms with Gasteiger partial charge >= 0.3 is 11.9 Å². The number of benzene rings is 3. The molecule has 0 saturated carbocycles. The molecule has 3 rings (SSSR count). The zero-order chi connectivity index (χ0) is 23.7. The van der Waals surface area contributed by atoms with Crippen LogP contribution in [0.25, 0.3) is 0 Å². The second-order valence-corrected chi connectivity index (χ2v) is 7.78. The van der Waals surface area contributed by atoms with Crippen molar-refractivity contribution >= 4 is 35.1 Å². The van der Waals surface area contributed by atoms with E-state index in [9.17, 15) is 9.59 Å². The minimum absolute atomic E-state index is 0.167. The first-order chi connectivity index (χ1) is 15.2. The molecule has 0 aromatic heterocycles. The van der Waals surface area contributed by atoms with Crippen LogP contribution >= 0.6 is 23.2 Å². The van der Waals surface area contributed by atoms with E-state index in [-0.39, 0.29) is 6.04 Å². The highest BCUT2D eigenvalue weighted by molar-refractivity contribution is 6.42. The Balaban J connectivity index is 0.000000390. The summed E-state index contributed by atoms with van der Waals surface area (Å²) in [5.74, 6) is -2.51. The van der Waals surface area contributed by atoms with Crippen molar-refractivity contribution in [3.8, 4) is 0 Å². The molecular weight excluding hydrogens is 449 g/mol. The van der Waals surface area contributed by atoms with Gasteiger partial charge in [0.15, 0.2) is 0 Å². The topological polar surface area (TPSA) is 101 Å². The predicted octanol–water partition coefficient (Wildman–Crippen LogP) is 5.39. The summed E-state index contributed by atoms with van der Waals surface area (Å²) < 4.78 is 0. The lowest BCUT2D eigenvalue weighted by molar-refractivity contribution is -0.134. The Morgan fingerprint density at radius 3 is 1.56 bits per heavy atom. The lowest BCUT2D eigenvalue weighted by atomic mass is 9.65. The zero-order valence-corrected chi connectivity index (χ0v) is 18.8. The molecule has 0 fully saturated rings. The van der Waals surface area contributed by atoms with Crippen molar-refractivity contribution in [3.05, 3.63) is 118 Å². The van der Waals surface area contributed by atoms with Crippen molar-refractivity contribution in [1.82, 2.24) is 0 Å². The summed E-state index contributed by atoms with van der Waals surface area (Å²) in [6, 6.07) is 26.2. The molecule has 3 aromatic carbocycles. The Bertz CT molecular complexity index is 1030. The number of nitrogens with two attached hydrogens (primary N) is 1. The standard InChI is InChI=1S/C21H19Cl2N.C4H4O4/c1-15(24)21(16-8-4-2-5-9-16,17-10-6-3-7-11-17)18-12-13-19(22)20(23)14-18;5-3(6)1-2-4(7)8/h2-15H,24H2,1H3;1-2H,(H,5,6)(H,7,8)/b;2-1-. The van der Waals surface area contributed by atoms with E-state index in [0.717, 1.165) is 16.7 Å². The fraction of sp³-hybridized carbons (Fsp3) is 0.120. The van der Waals surface area contributed by atoms with Gasteiger partial charge in [0.25, 0.3) is 0 Å². The average molecular weight is 472 g/mol. The fourth-order valence-electron chi connectivity index (χ4n) is 3.57. The van der Waals surface area contributed by atoms with Crippen molar-refractivity contribution < 1.29 is 19.8 Å². The SMILES string of the molecule is CC(N)C(c1ccccc1)(c1ccccc1)c1ccc(Cl)c(Cl)c1.O=C(O)/C=C\C(=O)O. The molecule has 1 unspecified atom stereocenters. The van der Waals surface area contributed by atoms with Gasteiger partial charge in [-0.1, -0.05) is 89.9 Å². The van der Waals surface area contributed by atoms with Crippen molar-refractivity contribution in [2.75, 3.05) is 0 Å². The number of carboxylic acids is 2. The molecule has 7 heteroatoms. The second-order valence-electron chi connectivity index (χ2n) is 6.97. The summed E-state index contributed by atoms with van der Waals surface area (Å²) in [6.07, 6.45) is 1.12. The molecule has 1 atom stereocenters. The monoisotopic (exact) mass is 471 g/mol. The summed E-state index contributed by atoms with van der Waals surface area (Å²) in [4.78, 5) is 19.1. The molecule has 0 heterocycles.